The summed E-state index contributed by atoms with van der Waals surface area (Å²) in [5.74, 6) is 0.303. The molecule has 0 saturated heterocycles. The van der Waals surface area contributed by atoms with Crippen LogP contribution in [-0.4, -0.2) is 5.11 Å². The van der Waals surface area contributed by atoms with Crippen molar-refractivity contribution in [1.82, 2.24) is 0 Å². The lowest BCUT2D eigenvalue weighted by Crippen LogP contribution is -2.11. The van der Waals surface area contributed by atoms with Gasteiger partial charge in [0.05, 0.1) is 0 Å². The highest BCUT2D eigenvalue weighted by Gasteiger charge is 2.08. The lowest BCUT2D eigenvalue weighted by molar-refractivity contribution is 0.472. The lowest BCUT2D eigenvalue weighted by atomic mass is 9.97. The molecule has 2 heteroatoms. The lowest BCUT2D eigenvalue weighted by Gasteiger charge is -2.14. The van der Waals surface area contributed by atoms with Gasteiger partial charge < -0.3 is 10.8 Å². The Morgan fingerprint density at radius 2 is 2.14 bits per heavy atom. The summed E-state index contributed by atoms with van der Waals surface area (Å²) in [5, 5.41) is 9.36. The molecule has 0 heterocycles. The zero-order chi connectivity index (χ0) is 10.6. The topological polar surface area (TPSA) is 46.2 Å². The molecule has 14 heavy (non-hydrogen) atoms. The van der Waals surface area contributed by atoms with Crippen molar-refractivity contribution < 1.29 is 5.11 Å². The molecule has 0 spiro atoms. The van der Waals surface area contributed by atoms with Crippen molar-refractivity contribution in [1.29, 1.82) is 0 Å². The molecule has 0 saturated carbocycles. The van der Waals surface area contributed by atoms with Gasteiger partial charge in [-0.3, -0.25) is 0 Å². The van der Waals surface area contributed by atoms with Crippen molar-refractivity contribution in [2.24, 2.45) is 5.73 Å². The maximum atomic E-state index is 9.36. The van der Waals surface area contributed by atoms with Gasteiger partial charge >= 0.3 is 0 Å². The van der Waals surface area contributed by atoms with E-state index in [1.807, 2.05) is 13.0 Å². The number of hydrogen-bond donors (Lipinski definition) is 2. The molecule has 0 unspecified atom stereocenters. The van der Waals surface area contributed by atoms with E-state index in [0.29, 0.717) is 5.75 Å². The Kier molecular flexibility index (Phi) is 3.96. The first-order valence-electron chi connectivity index (χ1n) is 5.20. The zero-order valence-electron chi connectivity index (χ0n) is 8.96. The van der Waals surface area contributed by atoms with Gasteiger partial charge in [-0.05, 0) is 36.6 Å². The Bertz CT molecular complexity index is 296. The minimum absolute atomic E-state index is 0.0575. The van der Waals surface area contributed by atoms with Crippen molar-refractivity contribution in [3.8, 4) is 5.75 Å². The standard InChI is InChI=1S/C12H19NO/c1-3-4-5-12(13)11-8-10(14)7-6-9(11)2/h6-8,12,14H,3-5,13H2,1-2H3/t12-/m1/s1. The first-order valence-corrected chi connectivity index (χ1v) is 5.20. The molecule has 0 bridgehead atoms. The highest BCUT2D eigenvalue weighted by molar-refractivity contribution is 5.35. The summed E-state index contributed by atoms with van der Waals surface area (Å²) >= 11 is 0. The van der Waals surface area contributed by atoms with E-state index >= 15 is 0 Å². The summed E-state index contributed by atoms with van der Waals surface area (Å²) in [5.41, 5.74) is 8.27. The van der Waals surface area contributed by atoms with Gasteiger partial charge in [0.2, 0.25) is 0 Å². The normalized spacial score (nSPS) is 12.8. The fourth-order valence-electron chi connectivity index (χ4n) is 1.61. The van der Waals surface area contributed by atoms with Crippen molar-refractivity contribution in [2.45, 2.75) is 39.2 Å². The van der Waals surface area contributed by atoms with Crippen molar-refractivity contribution in [2.75, 3.05) is 0 Å². The van der Waals surface area contributed by atoms with E-state index < -0.39 is 0 Å². The molecule has 0 amide bonds. The number of phenolic OH excluding ortho intramolecular Hbond substituents is 1. The van der Waals surface area contributed by atoms with Crippen LogP contribution in [0.4, 0.5) is 0 Å². The molecule has 0 aliphatic carbocycles. The number of aryl methyl sites for hydroxylation is 1. The number of hydrogen-bond acceptors (Lipinski definition) is 2. The smallest absolute Gasteiger partial charge is 0.115 e. The predicted molar refractivity (Wildman–Crippen MR) is 59.3 cm³/mol. The monoisotopic (exact) mass is 193 g/mol. The largest absolute Gasteiger partial charge is 0.508 e. The second-order valence-corrected chi connectivity index (χ2v) is 3.79. The predicted octanol–water partition coefficient (Wildman–Crippen LogP) is 2.89. The quantitative estimate of drug-likeness (QED) is 0.772. The van der Waals surface area contributed by atoms with Gasteiger partial charge in [-0.1, -0.05) is 25.8 Å². The molecule has 2 nitrogen and oxygen atoms in total. The van der Waals surface area contributed by atoms with E-state index in [1.165, 1.54) is 0 Å². The summed E-state index contributed by atoms with van der Waals surface area (Å²) < 4.78 is 0. The second-order valence-electron chi connectivity index (χ2n) is 3.79. The molecular formula is C12H19NO. The molecule has 1 atom stereocenters. The first kappa shape index (κ1) is 11.1. The third-order valence-electron chi connectivity index (χ3n) is 2.53. The van der Waals surface area contributed by atoms with Gasteiger partial charge in [-0.2, -0.15) is 0 Å². The summed E-state index contributed by atoms with van der Waals surface area (Å²) in [6, 6.07) is 5.44. The Labute approximate surface area is 85.8 Å². The molecule has 0 aromatic heterocycles. The minimum atomic E-state index is 0.0575. The molecule has 1 rings (SSSR count). The van der Waals surface area contributed by atoms with Crippen LogP contribution in [-0.2, 0) is 0 Å². The average molecular weight is 193 g/mol. The van der Waals surface area contributed by atoms with Crippen LogP contribution in [0.3, 0.4) is 0 Å². The van der Waals surface area contributed by atoms with Crippen molar-refractivity contribution >= 4 is 0 Å². The molecule has 1 aromatic rings. The van der Waals surface area contributed by atoms with E-state index in [2.05, 4.69) is 6.92 Å². The molecule has 0 aliphatic heterocycles. The third kappa shape index (κ3) is 2.74. The SMILES string of the molecule is CCCC[C@@H](N)c1cc(O)ccc1C. The highest BCUT2D eigenvalue weighted by Crippen LogP contribution is 2.24. The molecule has 0 aliphatic rings. The van der Waals surface area contributed by atoms with Gasteiger partial charge in [0, 0.05) is 6.04 Å². The molecule has 0 fully saturated rings. The van der Waals surface area contributed by atoms with Gasteiger partial charge in [0.1, 0.15) is 5.75 Å². The van der Waals surface area contributed by atoms with Crippen LogP contribution in [0.1, 0.15) is 43.4 Å². The number of rotatable bonds is 4. The Balaban J connectivity index is 2.77. The van der Waals surface area contributed by atoms with Crippen LogP contribution in [0.5, 0.6) is 5.75 Å². The summed E-state index contributed by atoms with van der Waals surface area (Å²) in [6.07, 6.45) is 3.28. The summed E-state index contributed by atoms with van der Waals surface area (Å²) in [4.78, 5) is 0. The maximum absolute atomic E-state index is 9.36. The van der Waals surface area contributed by atoms with Crippen LogP contribution >= 0.6 is 0 Å². The van der Waals surface area contributed by atoms with Gasteiger partial charge in [-0.25, -0.2) is 0 Å². The van der Waals surface area contributed by atoms with Crippen LogP contribution in [0, 0.1) is 6.92 Å². The minimum Gasteiger partial charge on any atom is -0.508 e. The number of phenols is 1. The maximum Gasteiger partial charge on any atom is 0.115 e. The highest BCUT2D eigenvalue weighted by atomic mass is 16.3. The van der Waals surface area contributed by atoms with Crippen LogP contribution < -0.4 is 5.73 Å². The van der Waals surface area contributed by atoms with Gasteiger partial charge in [0.15, 0.2) is 0 Å². The van der Waals surface area contributed by atoms with Crippen molar-refractivity contribution in [3.63, 3.8) is 0 Å². The molecule has 78 valence electrons. The van der Waals surface area contributed by atoms with E-state index in [1.54, 1.807) is 12.1 Å². The van der Waals surface area contributed by atoms with Crippen LogP contribution in [0.15, 0.2) is 18.2 Å². The Morgan fingerprint density at radius 1 is 1.43 bits per heavy atom. The Morgan fingerprint density at radius 3 is 2.79 bits per heavy atom. The summed E-state index contributed by atoms with van der Waals surface area (Å²) in [6.45, 7) is 4.18. The molecule has 0 radical (unpaired) electrons. The van der Waals surface area contributed by atoms with Crippen LogP contribution in [0.2, 0.25) is 0 Å². The van der Waals surface area contributed by atoms with Crippen molar-refractivity contribution in [3.05, 3.63) is 29.3 Å². The number of nitrogens with two attached hydrogens (primary N) is 1. The summed E-state index contributed by atoms with van der Waals surface area (Å²) in [7, 11) is 0. The molecule has 3 N–H and O–H groups in total. The van der Waals surface area contributed by atoms with E-state index in [-0.39, 0.29) is 6.04 Å². The van der Waals surface area contributed by atoms with E-state index in [4.69, 9.17) is 5.73 Å². The molecular weight excluding hydrogens is 174 g/mol. The average Bonchev–Trinajstić information content (AvgIpc) is 2.18. The number of aromatic hydroxyl groups is 1. The van der Waals surface area contributed by atoms with Crippen LogP contribution in [0.25, 0.3) is 0 Å². The van der Waals surface area contributed by atoms with E-state index in [9.17, 15) is 5.11 Å². The van der Waals surface area contributed by atoms with E-state index in [0.717, 1.165) is 30.4 Å². The zero-order valence-corrected chi connectivity index (χ0v) is 8.96. The van der Waals surface area contributed by atoms with Gasteiger partial charge in [-0.15, -0.1) is 0 Å². The van der Waals surface area contributed by atoms with Gasteiger partial charge in [0.25, 0.3) is 0 Å². The Hall–Kier alpha value is -1.02. The fourth-order valence-corrected chi connectivity index (χ4v) is 1.61. The fraction of sp³-hybridized carbons (Fsp3) is 0.500. The second kappa shape index (κ2) is 5.01. The number of unbranched alkanes of at least 4 members (excludes halogenated alkanes) is 1. The number of benzene rings is 1. The molecule has 1 aromatic carbocycles. The first-order chi connectivity index (χ1) is 6.65. The third-order valence-corrected chi connectivity index (χ3v) is 2.53.